The molecule has 0 aliphatic carbocycles. The topological polar surface area (TPSA) is 84.1 Å². The van der Waals surface area contributed by atoms with Gasteiger partial charge in [-0.1, -0.05) is 0 Å². The average molecular weight is 293 g/mol. The molecule has 6 nitrogen and oxygen atoms in total. The number of hydrogen-bond donors (Lipinski definition) is 2. The Morgan fingerprint density at radius 1 is 1.45 bits per heavy atom. The van der Waals surface area contributed by atoms with Gasteiger partial charge in [-0.25, -0.2) is 9.78 Å². The fourth-order valence-electron chi connectivity index (χ4n) is 1.93. The third-order valence-corrected chi connectivity index (χ3v) is 3.49. The van der Waals surface area contributed by atoms with Crippen molar-refractivity contribution in [1.82, 2.24) is 9.97 Å². The lowest BCUT2D eigenvalue weighted by Crippen LogP contribution is -2.14. The molecule has 0 aliphatic heterocycles. The molecule has 0 aromatic carbocycles. The van der Waals surface area contributed by atoms with E-state index in [1.165, 1.54) is 11.3 Å². The highest BCUT2D eigenvalue weighted by molar-refractivity contribution is 7.13. The van der Waals surface area contributed by atoms with E-state index in [2.05, 4.69) is 15.3 Å². The molecule has 0 atom stereocenters. The number of H-pyrrole nitrogens is 1. The minimum absolute atomic E-state index is 0.295. The first-order chi connectivity index (χ1) is 9.54. The Morgan fingerprint density at radius 3 is 2.80 bits per heavy atom. The lowest BCUT2D eigenvalue weighted by atomic mass is 10.1. The maximum Gasteiger partial charge on any atom is 0.340 e. The Kier molecular flexibility index (Phi) is 4.19. The molecule has 2 aromatic rings. The fraction of sp³-hybridized carbons (Fsp3) is 0.308. The summed E-state index contributed by atoms with van der Waals surface area (Å²) in [5.74, 6) is -0.747. The number of ether oxygens (including phenoxy) is 1. The van der Waals surface area contributed by atoms with Gasteiger partial charge >= 0.3 is 5.97 Å². The van der Waals surface area contributed by atoms with Gasteiger partial charge in [0.1, 0.15) is 5.69 Å². The number of aromatic nitrogens is 2. The zero-order chi connectivity index (χ0) is 14.7. The summed E-state index contributed by atoms with van der Waals surface area (Å²) in [6.07, 6.45) is 1.61. The van der Waals surface area contributed by atoms with E-state index in [1.54, 1.807) is 32.3 Å². The molecule has 0 unspecified atom stereocenters. The van der Waals surface area contributed by atoms with Crippen molar-refractivity contribution in [1.29, 1.82) is 0 Å². The summed E-state index contributed by atoms with van der Waals surface area (Å²) >= 11 is 1.33. The quantitative estimate of drug-likeness (QED) is 0.848. The van der Waals surface area contributed by atoms with Crippen molar-refractivity contribution in [2.75, 3.05) is 11.9 Å². The number of carbonyl (C=O) groups excluding carboxylic acids is 2. The van der Waals surface area contributed by atoms with Gasteiger partial charge in [0.05, 0.1) is 12.2 Å². The largest absolute Gasteiger partial charge is 0.462 e. The predicted molar refractivity (Wildman–Crippen MR) is 76.3 cm³/mol. The summed E-state index contributed by atoms with van der Waals surface area (Å²) in [6.45, 7) is 5.49. The number of hydrogen-bond acceptors (Lipinski definition) is 5. The Hall–Kier alpha value is -2.15. The first-order valence-electron chi connectivity index (χ1n) is 6.11. The fourth-order valence-corrected chi connectivity index (χ4v) is 2.46. The maximum atomic E-state index is 12.2. The Bertz CT molecular complexity index is 632. The second kappa shape index (κ2) is 5.87. The molecule has 2 aromatic heterocycles. The predicted octanol–water partition coefficient (Wildman–Crippen LogP) is 2.52. The highest BCUT2D eigenvalue weighted by atomic mass is 32.1. The van der Waals surface area contributed by atoms with E-state index in [0.717, 1.165) is 0 Å². The van der Waals surface area contributed by atoms with Crippen LogP contribution in [0.15, 0.2) is 11.6 Å². The summed E-state index contributed by atoms with van der Waals surface area (Å²) in [4.78, 5) is 30.9. The van der Waals surface area contributed by atoms with Gasteiger partial charge < -0.3 is 9.72 Å². The number of nitrogens with zero attached hydrogens (tertiary/aromatic N) is 1. The van der Waals surface area contributed by atoms with Crippen LogP contribution in [0.3, 0.4) is 0 Å². The molecule has 20 heavy (non-hydrogen) atoms. The van der Waals surface area contributed by atoms with Crippen molar-refractivity contribution in [3.05, 3.63) is 34.1 Å². The molecule has 0 spiro atoms. The summed E-state index contributed by atoms with van der Waals surface area (Å²) in [7, 11) is 0. The Labute approximate surface area is 120 Å². The maximum absolute atomic E-state index is 12.2. The van der Waals surface area contributed by atoms with Crippen LogP contribution in [0.25, 0.3) is 0 Å². The number of rotatable bonds is 4. The van der Waals surface area contributed by atoms with Gasteiger partial charge in [0, 0.05) is 17.3 Å². The van der Waals surface area contributed by atoms with Crippen LogP contribution in [-0.4, -0.2) is 28.5 Å². The minimum Gasteiger partial charge on any atom is -0.462 e. The highest BCUT2D eigenvalue weighted by Crippen LogP contribution is 2.20. The van der Waals surface area contributed by atoms with E-state index in [4.69, 9.17) is 4.74 Å². The van der Waals surface area contributed by atoms with Gasteiger partial charge in [-0.2, -0.15) is 0 Å². The van der Waals surface area contributed by atoms with Crippen LogP contribution in [-0.2, 0) is 4.74 Å². The third kappa shape index (κ3) is 2.72. The molecule has 0 saturated heterocycles. The molecule has 0 fully saturated rings. The lowest BCUT2D eigenvalue weighted by Gasteiger charge is -2.03. The van der Waals surface area contributed by atoms with Crippen LogP contribution in [0.5, 0.6) is 0 Å². The van der Waals surface area contributed by atoms with Crippen LogP contribution in [0, 0.1) is 13.8 Å². The van der Waals surface area contributed by atoms with E-state index in [-0.39, 0.29) is 5.91 Å². The van der Waals surface area contributed by atoms with Gasteiger partial charge in [0.25, 0.3) is 5.91 Å². The molecule has 2 N–H and O–H groups in total. The molecular formula is C13H15N3O3S. The number of nitrogens with one attached hydrogen (secondary N) is 2. The van der Waals surface area contributed by atoms with Crippen LogP contribution >= 0.6 is 11.3 Å². The van der Waals surface area contributed by atoms with Crippen molar-refractivity contribution in [2.45, 2.75) is 20.8 Å². The zero-order valence-electron chi connectivity index (χ0n) is 11.4. The van der Waals surface area contributed by atoms with Crippen LogP contribution in [0.2, 0.25) is 0 Å². The minimum atomic E-state index is -0.424. The van der Waals surface area contributed by atoms with Crippen molar-refractivity contribution in [3.8, 4) is 0 Å². The lowest BCUT2D eigenvalue weighted by molar-refractivity contribution is 0.0525. The average Bonchev–Trinajstić information content (AvgIpc) is 2.98. The zero-order valence-corrected chi connectivity index (χ0v) is 12.3. The molecule has 7 heteroatoms. The smallest absolute Gasteiger partial charge is 0.340 e. The number of amides is 1. The molecular weight excluding hydrogens is 278 g/mol. The molecule has 2 rings (SSSR count). The summed E-state index contributed by atoms with van der Waals surface area (Å²) in [6, 6.07) is 0. The van der Waals surface area contributed by atoms with E-state index in [1.807, 2.05) is 0 Å². The van der Waals surface area contributed by atoms with E-state index in [0.29, 0.717) is 34.3 Å². The van der Waals surface area contributed by atoms with Crippen molar-refractivity contribution >= 4 is 28.3 Å². The van der Waals surface area contributed by atoms with Gasteiger partial charge in [-0.05, 0) is 26.3 Å². The second-order valence-electron chi connectivity index (χ2n) is 4.14. The highest BCUT2D eigenvalue weighted by Gasteiger charge is 2.23. The number of esters is 1. The van der Waals surface area contributed by atoms with Gasteiger partial charge in [0.2, 0.25) is 0 Å². The first kappa shape index (κ1) is 14.3. The van der Waals surface area contributed by atoms with Crippen LogP contribution in [0.1, 0.15) is 39.0 Å². The number of aryl methyl sites for hydroxylation is 1. The van der Waals surface area contributed by atoms with Gasteiger partial charge in [0.15, 0.2) is 5.13 Å². The molecule has 0 saturated carbocycles. The molecule has 0 radical (unpaired) electrons. The van der Waals surface area contributed by atoms with Crippen molar-refractivity contribution in [2.24, 2.45) is 0 Å². The standard InChI is InChI=1S/C13H15N3O3S/c1-4-19-12(18)9-7(2)10(15-8(9)3)11(17)16-13-14-5-6-20-13/h5-6,15H,4H2,1-3H3,(H,14,16,17). The number of thiazole rings is 1. The van der Waals surface area contributed by atoms with Crippen molar-refractivity contribution < 1.29 is 14.3 Å². The Morgan fingerprint density at radius 2 is 2.20 bits per heavy atom. The van der Waals surface area contributed by atoms with E-state index < -0.39 is 5.97 Å². The molecule has 0 bridgehead atoms. The van der Waals surface area contributed by atoms with E-state index >= 15 is 0 Å². The summed E-state index contributed by atoms with van der Waals surface area (Å²) < 4.78 is 4.99. The van der Waals surface area contributed by atoms with Crippen molar-refractivity contribution in [3.63, 3.8) is 0 Å². The number of aromatic amines is 1. The normalized spacial score (nSPS) is 10.3. The number of carbonyl (C=O) groups is 2. The second-order valence-corrected chi connectivity index (χ2v) is 5.03. The first-order valence-corrected chi connectivity index (χ1v) is 6.99. The molecule has 106 valence electrons. The van der Waals surface area contributed by atoms with Gasteiger partial charge in [-0.3, -0.25) is 10.1 Å². The molecule has 1 amide bonds. The van der Waals surface area contributed by atoms with E-state index in [9.17, 15) is 9.59 Å². The number of anilines is 1. The Balaban J connectivity index is 2.27. The SMILES string of the molecule is CCOC(=O)c1c(C)[nH]c(C(=O)Nc2nccs2)c1C. The summed E-state index contributed by atoms with van der Waals surface area (Å²) in [5, 5.41) is 4.96. The van der Waals surface area contributed by atoms with Gasteiger partial charge in [-0.15, -0.1) is 11.3 Å². The monoisotopic (exact) mass is 293 g/mol. The summed E-state index contributed by atoms with van der Waals surface area (Å²) in [5.41, 5.74) is 1.96. The molecule has 2 heterocycles. The third-order valence-electron chi connectivity index (χ3n) is 2.80. The van der Waals surface area contributed by atoms with Crippen LogP contribution in [0.4, 0.5) is 5.13 Å². The van der Waals surface area contributed by atoms with Crippen LogP contribution < -0.4 is 5.32 Å². The molecule has 0 aliphatic rings.